The summed E-state index contributed by atoms with van der Waals surface area (Å²) in [5.41, 5.74) is 1.10. The number of hydrogen-bond acceptors (Lipinski definition) is 4. The molecule has 0 bridgehead atoms. The third kappa shape index (κ3) is 3.14. The summed E-state index contributed by atoms with van der Waals surface area (Å²) in [4.78, 5) is 21.8. The van der Waals surface area contributed by atoms with Crippen LogP contribution in [0.1, 0.15) is 17.3 Å². The third-order valence-electron chi connectivity index (χ3n) is 3.63. The molecule has 1 aliphatic heterocycles. The fraction of sp³-hybridized carbons (Fsp3) is 0.235. The van der Waals surface area contributed by atoms with Gasteiger partial charge in [0.15, 0.2) is 5.75 Å². The van der Waals surface area contributed by atoms with Gasteiger partial charge in [-0.1, -0.05) is 36.9 Å². The monoisotopic (exact) mass is 295 g/mol. The van der Waals surface area contributed by atoms with E-state index in [4.69, 9.17) is 4.74 Å². The molecular formula is C17H17N3O2. The minimum atomic E-state index is -0.0425. The van der Waals surface area contributed by atoms with E-state index in [2.05, 4.69) is 16.5 Å². The molecule has 1 saturated heterocycles. The van der Waals surface area contributed by atoms with Crippen molar-refractivity contribution in [2.75, 3.05) is 13.1 Å². The predicted octanol–water partition coefficient (Wildman–Crippen LogP) is 2.17. The molecule has 5 heteroatoms. The summed E-state index contributed by atoms with van der Waals surface area (Å²) in [6, 6.07) is 9.94. The van der Waals surface area contributed by atoms with Gasteiger partial charge in [-0.05, 0) is 11.6 Å². The van der Waals surface area contributed by atoms with Crippen LogP contribution in [0.2, 0.25) is 0 Å². The highest BCUT2D eigenvalue weighted by atomic mass is 16.5. The van der Waals surface area contributed by atoms with Crippen molar-refractivity contribution in [3.63, 3.8) is 0 Å². The van der Waals surface area contributed by atoms with E-state index in [0.29, 0.717) is 25.4 Å². The average molecular weight is 295 g/mol. The molecule has 0 unspecified atom stereocenters. The smallest absolute Gasteiger partial charge is 0.246 e. The molecule has 1 aliphatic rings. The van der Waals surface area contributed by atoms with E-state index in [9.17, 15) is 4.79 Å². The molecule has 2 aromatic rings. The lowest BCUT2D eigenvalue weighted by Gasteiger charge is -2.37. The lowest BCUT2D eigenvalue weighted by atomic mass is 9.99. The van der Waals surface area contributed by atoms with Crippen molar-refractivity contribution in [1.29, 1.82) is 0 Å². The number of benzene rings is 1. The van der Waals surface area contributed by atoms with E-state index < -0.39 is 0 Å². The van der Waals surface area contributed by atoms with Crippen LogP contribution in [0.4, 0.5) is 0 Å². The first-order valence-corrected chi connectivity index (χ1v) is 7.16. The standard InChI is InChI=1S/C17H17N3O2/c1-2-16(21)20-10-14(11-20)17-18-8-15(9-19-17)22-12-13-6-4-3-5-7-13/h2-9,14H,1,10-12H2. The summed E-state index contributed by atoms with van der Waals surface area (Å²) in [6.45, 7) is 5.27. The second kappa shape index (κ2) is 6.39. The quantitative estimate of drug-likeness (QED) is 0.793. The van der Waals surface area contributed by atoms with Gasteiger partial charge in [-0.25, -0.2) is 9.97 Å². The van der Waals surface area contributed by atoms with Gasteiger partial charge in [-0.15, -0.1) is 0 Å². The Bertz CT molecular complexity index is 649. The second-order valence-electron chi connectivity index (χ2n) is 5.20. The first-order valence-electron chi connectivity index (χ1n) is 7.16. The summed E-state index contributed by atoms with van der Waals surface area (Å²) in [5, 5.41) is 0. The molecule has 0 aliphatic carbocycles. The van der Waals surface area contributed by atoms with Crippen molar-refractivity contribution in [2.45, 2.75) is 12.5 Å². The molecule has 3 rings (SSSR count). The zero-order valence-corrected chi connectivity index (χ0v) is 12.2. The summed E-state index contributed by atoms with van der Waals surface area (Å²) in [7, 11) is 0. The highest BCUT2D eigenvalue weighted by Crippen LogP contribution is 2.25. The maximum atomic E-state index is 11.4. The largest absolute Gasteiger partial charge is 0.486 e. The van der Waals surface area contributed by atoms with Gasteiger partial charge in [0.2, 0.25) is 5.91 Å². The molecule has 0 N–H and O–H groups in total. The van der Waals surface area contributed by atoms with Crippen LogP contribution in [0.3, 0.4) is 0 Å². The minimum absolute atomic E-state index is 0.0425. The van der Waals surface area contributed by atoms with Crippen molar-refractivity contribution in [3.05, 3.63) is 66.8 Å². The van der Waals surface area contributed by atoms with E-state index in [1.807, 2.05) is 30.3 Å². The van der Waals surface area contributed by atoms with E-state index >= 15 is 0 Å². The molecular weight excluding hydrogens is 278 g/mol. The Morgan fingerprint density at radius 3 is 2.59 bits per heavy atom. The Balaban J connectivity index is 1.53. The fourth-order valence-corrected chi connectivity index (χ4v) is 2.30. The first-order chi connectivity index (χ1) is 10.8. The molecule has 5 nitrogen and oxygen atoms in total. The van der Waals surface area contributed by atoms with E-state index in [1.165, 1.54) is 6.08 Å². The van der Waals surface area contributed by atoms with Crippen molar-refractivity contribution in [3.8, 4) is 5.75 Å². The van der Waals surface area contributed by atoms with Crippen LogP contribution in [0.25, 0.3) is 0 Å². The van der Waals surface area contributed by atoms with Crippen molar-refractivity contribution >= 4 is 5.91 Å². The first kappa shape index (κ1) is 14.3. The fourth-order valence-electron chi connectivity index (χ4n) is 2.30. The molecule has 22 heavy (non-hydrogen) atoms. The lowest BCUT2D eigenvalue weighted by molar-refractivity contribution is -0.130. The van der Waals surface area contributed by atoms with Gasteiger partial charge in [-0.2, -0.15) is 0 Å². The van der Waals surface area contributed by atoms with Gasteiger partial charge in [0.25, 0.3) is 0 Å². The molecule has 0 atom stereocenters. The highest BCUT2D eigenvalue weighted by Gasteiger charge is 2.32. The molecule has 1 aromatic carbocycles. The van der Waals surface area contributed by atoms with Crippen LogP contribution in [0.5, 0.6) is 5.75 Å². The lowest BCUT2D eigenvalue weighted by Crippen LogP contribution is -2.48. The number of hydrogen-bond donors (Lipinski definition) is 0. The van der Waals surface area contributed by atoms with E-state index in [-0.39, 0.29) is 11.8 Å². The van der Waals surface area contributed by atoms with E-state index in [1.54, 1.807) is 17.3 Å². The Kier molecular flexibility index (Phi) is 4.14. The average Bonchev–Trinajstić information content (AvgIpc) is 2.53. The van der Waals surface area contributed by atoms with Crippen LogP contribution in [-0.2, 0) is 11.4 Å². The summed E-state index contributed by atoms with van der Waals surface area (Å²) >= 11 is 0. The van der Waals surface area contributed by atoms with Crippen LogP contribution in [0, 0.1) is 0 Å². The zero-order valence-electron chi connectivity index (χ0n) is 12.2. The topological polar surface area (TPSA) is 55.3 Å². The molecule has 2 heterocycles. The van der Waals surface area contributed by atoms with Gasteiger partial charge >= 0.3 is 0 Å². The molecule has 112 valence electrons. The highest BCUT2D eigenvalue weighted by molar-refractivity contribution is 5.87. The Labute approximate surface area is 129 Å². The van der Waals surface area contributed by atoms with Gasteiger partial charge in [0.05, 0.1) is 18.3 Å². The summed E-state index contributed by atoms with van der Waals surface area (Å²) in [5.74, 6) is 1.55. The van der Waals surface area contributed by atoms with E-state index in [0.717, 1.165) is 11.4 Å². The van der Waals surface area contributed by atoms with Crippen molar-refractivity contribution < 1.29 is 9.53 Å². The minimum Gasteiger partial charge on any atom is -0.486 e. The maximum absolute atomic E-state index is 11.4. The third-order valence-corrected chi connectivity index (χ3v) is 3.63. The summed E-state index contributed by atoms with van der Waals surface area (Å²) < 4.78 is 5.65. The number of likely N-dealkylation sites (tertiary alicyclic amines) is 1. The van der Waals surface area contributed by atoms with Crippen LogP contribution >= 0.6 is 0 Å². The molecule has 1 fully saturated rings. The normalized spacial score (nSPS) is 14.3. The van der Waals surface area contributed by atoms with Gasteiger partial charge in [0.1, 0.15) is 12.4 Å². The molecule has 1 amide bonds. The number of aromatic nitrogens is 2. The van der Waals surface area contributed by atoms with Crippen LogP contribution in [-0.4, -0.2) is 33.9 Å². The Morgan fingerprint density at radius 2 is 1.95 bits per heavy atom. The van der Waals surface area contributed by atoms with Gasteiger partial charge in [0, 0.05) is 13.1 Å². The Morgan fingerprint density at radius 1 is 1.27 bits per heavy atom. The van der Waals surface area contributed by atoms with Crippen LogP contribution in [0.15, 0.2) is 55.4 Å². The van der Waals surface area contributed by atoms with Gasteiger partial charge < -0.3 is 9.64 Å². The molecule has 0 spiro atoms. The maximum Gasteiger partial charge on any atom is 0.246 e. The number of carbonyl (C=O) groups is 1. The number of ether oxygens (including phenoxy) is 1. The summed E-state index contributed by atoms with van der Waals surface area (Å²) in [6.07, 6.45) is 4.70. The number of amides is 1. The molecule has 1 aromatic heterocycles. The van der Waals surface area contributed by atoms with Gasteiger partial charge in [-0.3, -0.25) is 4.79 Å². The number of carbonyl (C=O) groups excluding carboxylic acids is 1. The predicted molar refractivity (Wildman–Crippen MR) is 82.3 cm³/mol. The number of nitrogens with zero attached hydrogens (tertiary/aromatic N) is 3. The SMILES string of the molecule is C=CC(=O)N1CC(c2ncc(OCc3ccccc3)cn2)C1. The van der Waals surface area contributed by atoms with Crippen molar-refractivity contribution in [2.24, 2.45) is 0 Å². The molecule has 0 saturated carbocycles. The van der Waals surface area contributed by atoms with Crippen molar-refractivity contribution in [1.82, 2.24) is 14.9 Å². The van der Waals surface area contributed by atoms with Crippen LogP contribution < -0.4 is 4.74 Å². The number of rotatable bonds is 5. The molecule has 0 radical (unpaired) electrons. The Hall–Kier alpha value is -2.69. The zero-order chi connectivity index (χ0) is 15.4. The second-order valence-corrected chi connectivity index (χ2v) is 5.20.